The second-order valence-electron chi connectivity index (χ2n) is 5.11. The number of hydrogen-bond acceptors (Lipinski definition) is 2. The Bertz CT molecular complexity index is 618. The van der Waals surface area contributed by atoms with Gasteiger partial charge in [0.2, 0.25) is 0 Å². The van der Waals surface area contributed by atoms with Gasteiger partial charge in [-0.15, -0.1) is 0 Å². The molecule has 2 rings (SSSR count). The smallest absolute Gasteiger partial charge is 0.133 e. The highest BCUT2D eigenvalue weighted by atomic mass is 19.1. The predicted molar refractivity (Wildman–Crippen MR) is 81.7 cm³/mol. The van der Waals surface area contributed by atoms with E-state index < -0.39 is 0 Å². The standard InChI is InChI=1S/C18H19FO2/c1-2-4-16(20)12-9-13-5-3-6-17(21)18(13)14-7-10-15(19)11-8-14/h3,5-8,10-11,21H,2,4,9,12H2,1H3. The number of benzene rings is 2. The van der Waals surface area contributed by atoms with Crippen LogP contribution in [0.2, 0.25) is 0 Å². The summed E-state index contributed by atoms with van der Waals surface area (Å²) in [6.45, 7) is 1.98. The summed E-state index contributed by atoms with van der Waals surface area (Å²) in [6.07, 6.45) is 2.49. The van der Waals surface area contributed by atoms with Gasteiger partial charge in [-0.1, -0.05) is 31.2 Å². The molecule has 3 heteroatoms. The minimum Gasteiger partial charge on any atom is -0.507 e. The van der Waals surface area contributed by atoms with E-state index in [1.807, 2.05) is 13.0 Å². The summed E-state index contributed by atoms with van der Waals surface area (Å²) in [4.78, 5) is 11.7. The van der Waals surface area contributed by atoms with Gasteiger partial charge >= 0.3 is 0 Å². The number of aryl methyl sites for hydroxylation is 1. The molecule has 0 heterocycles. The Morgan fingerprint density at radius 3 is 2.48 bits per heavy atom. The highest BCUT2D eigenvalue weighted by Gasteiger charge is 2.11. The first-order valence-electron chi connectivity index (χ1n) is 7.20. The molecule has 21 heavy (non-hydrogen) atoms. The quantitative estimate of drug-likeness (QED) is 0.849. The number of carbonyl (C=O) groups is 1. The van der Waals surface area contributed by atoms with Gasteiger partial charge in [0.25, 0.3) is 0 Å². The average molecular weight is 286 g/mol. The maximum atomic E-state index is 13.0. The Hall–Kier alpha value is -2.16. The van der Waals surface area contributed by atoms with Crippen molar-refractivity contribution in [3.8, 4) is 16.9 Å². The fourth-order valence-electron chi connectivity index (χ4n) is 2.42. The van der Waals surface area contributed by atoms with Gasteiger partial charge in [0.15, 0.2) is 0 Å². The van der Waals surface area contributed by atoms with Crippen molar-refractivity contribution in [3.05, 3.63) is 53.8 Å². The van der Waals surface area contributed by atoms with Crippen LogP contribution in [0.4, 0.5) is 4.39 Å². The molecule has 0 atom stereocenters. The monoisotopic (exact) mass is 286 g/mol. The molecule has 2 aromatic carbocycles. The molecular weight excluding hydrogens is 267 g/mol. The topological polar surface area (TPSA) is 37.3 Å². The van der Waals surface area contributed by atoms with E-state index in [2.05, 4.69) is 0 Å². The second-order valence-corrected chi connectivity index (χ2v) is 5.11. The molecule has 0 saturated heterocycles. The van der Waals surface area contributed by atoms with Crippen LogP contribution < -0.4 is 0 Å². The number of halogens is 1. The van der Waals surface area contributed by atoms with Gasteiger partial charge in [-0.2, -0.15) is 0 Å². The van der Waals surface area contributed by atoms with Crippen LogP contribution >= 0.6 is 0 Å². The zero-order valence-electron chi connectivity index (χ0n) is 12.1. The number of phenols is 1. The number of rotatable bonds is 6. The Labute approximate surface area is 124 Å². The first kappa shape index (κ1) is 15.2. The fraction of sp³-hybridized carbons (Fsp3) is 0.278. The van der Waals surface area contributed by atoms with E-state index in [0.717, 1.165) is 17.5 Å². The molecule has 2 nitrogen and oxygen atoms in total. The average Bonchev–Trinajstić information content (AvgIpc) is 2.47. The summed E-state index contributed by atoms with van der Waals surface area (Å²) in [5, 5.41) is 10.1. The van der Waals surface area contributed by atoms with Crippen LogP contribution in [0.25, 0.3) is 11.1 Å². The molecule has 0 amide bonds. The lowest BCUT2D eigenvalue weighted by molar-refractivity contribution is -0.119. The lowest BCUT2D eigenvalue weighted by atomic mass is 9.94. The zero-order valence-corrected chi connectivity index (χ0v) is 12.1. The molecule has 0 unspecified atom stereocenters. The van der Waals surface area contributed by atoms with Gasteiger partial charge in [0.1, 0.15) is 17.3 Å². The van der Waals surface area contributed by atoms with Crippen molar-refractivity contribution in [2.45, 2.75) is 32.6 Å². The van der Waals surface area contributed by atoms with E-state index in [-0.39, 0.29) is 17.3 Å². The van der Waals surface area contributed by atoms with E-state index in [1.54, 1.807) is 24.3 Å². The van der Waals surface area contributed by atoms with Crippen molar-refractivity contribution in [1.29, 1.82) is 0 Å². The largest absolute Gasteiger partial charge is 0.507 e. The second kappa shape index (κ2) is 7.02. The Morgan fingerprint density at radius 2 is 1.81 bits per heavy atom. The van der Waals surface area contributed by atoms with Crippen molar-refractivity contribution in [2.24, 2.45) is 0 Å². The number of carbonyl (C=O) groups excluding carboxylic acids is 1. The summed E-state index contributed by atoms with van der Waals surface area (Å²) in [6, 6.07) is 11.3. The molecule has 0 spiro atoms. The third-order valence-electron chi connectivity index (χ3n) is 3.46. The molecule has 0 aliphatic rings. The summed E-state index contributed by atoms with van der Waals surface area (Å²) in [7, 11) is 0. The van der Waals surface area contributed by atoms with Gasteiger partial charge in [0.05, 0.1) is 0 Å². The van der Waals surface area contributed by atoms with Gasteiger partial charge in [-0.25, -0.2) is 4.39 Å². The highest BCUT2D eigenvalue weighted by Crippen LogP contribution is 2.33. The van der Waals surface area contributed by atoms with Gasteiger partial charge < -0.3 is 5.11 Å². The van der Waals surface area contributed by atoms with Gasteiger partial charge in [-0.05, 0) is 42.2 Å². The molecule has 0 fully saturated rings. The molecule has 2 aromatic rings. The van der Waals surface area contributed by atoms with Crippen LogP contribution in [0.5, 0.6) is 5.75 Å². The molecule has 1 N–H and O–H groups in total. The summed E-state index contributed by atoms with van der Waals surface area (Å²) < 4.78 is 13.0. The van der Waals surface area contributed by atoms with Crippen molar-refractivity contribution in [2.75, 3.05) is 0 Å². The first-order chi connectivity index (χ1) is 10.1. The van der Waals surface area contributed by atoms with E-state index in [9.17, 15) is 14.3 Å². The number of ketones is 1. The van der Waals surface area contributed by atoms with E-state index in [1.165, 1.54) is 12.1 Å². The molecule has 0 aromatic heterocycles. The minimum atomic E-state index is -0.311. The minimum absolute atomic E-state index is 0.155. The molecular formula is C18H19FO2. The molecule has 0 aliphatic heterocycles. The molecule has 0 aliphatic carbocycles. The van der Waals surface area contributed by atoms with E-state index >= 15 is 0 Å². The van der Waals surface area contributed by atoms with Gasteiger partial charge in [0, 0.05) is 18.4 Å². The van der Waals surface area contributed by atoms with Crippen LogP contribution in [0.15, 0.2) is 42.5 Å². The highest BCUT2D eigenvalue weighted by molar-refractivity contribution is 5.80. The molecule has 110 valence electrons. The lowest BCUT2D eigenvalue weighted by Crippen LogP contribution is -2.00. The normalized spacial score (nSPS) is 10.6. The number of phenolic OH excluding ortho intramolecular Hbond substituents is 1. The van der Waals surface area contributed by atoms with E-state index in [4.69, 9.17) is 0 Å². The van der Waals surface area contributed by atoms with Crippen molar-refractivity contribution < 1.29 is 14.3 Å². The van der Waals surface area contributed by atoms with Crippen LogP contribution in [-0.2, 0) is 11.2 Å². The SMILES string of the molecule is CCCC(=O)CCc1cccc(O)c1-c1ccc(F)cc1. The van der Waals surface area contributed by atoms with Gasteiger partial charge in [-0.3, -0.25) is 4.79 Å². The van der Waals surface area contributed by atoms with Crippen LogP contribution in [-0.4, -0.2) is 10.9 Å². The maximum Gasteiger partial charge on any atom is 0.133 e. The van der Waals surface area contributed by atoms with Crippen molar-refractivity contribution >= 4 is 5.78 Å². The number of hydrogen-bond donors (Lipinski definition) is 1. The first-order valence-corrected chi connectivity index (χ1v) is 7.20. The summed E-state index contributed by atoms with van der Waals surface area (Å²) >= 11 is 0. The summed E-state index contributed by atoms with van der Waals surface area (Å²) in [5.74, 6) is 0.0711. The van der Waals surface area contributed by atoms with Crippen LogP contribution in [0.1, 0.15) is 31.7 Å². The summed E-state index contributed by atoms with van der Waals surface area (Å²) in [5.41, 5.74) is 2.35. The number of Topliss-reactive ketones (excluding diaryl/α,β-unsaturated/α-hetero) is 1. The third kappa shape index (κ3) is 3.91. The van der Waals surface area contributed by atoms with Crippen LogP contribution in [0, 0.1) is 5.82 Å². The maximum absolute atomic E-state index is 13.0. The van der Waals surface area contributed by atoms with Crippen molar-refractivity contribution in [3.63, 3.8) is 0 Å². The van der Waals surface area contributed by atoms with Crippen LogP contribution in [0.3, 0.4) is 0 Å². The molecule has 0 radical (unpaired) electrons. The van der Waals surface area contributed by atoms with Crippen molar-refractivity contribution in [1.82, 2.24) is 0 Å². The molecule has 0 bridgehead atoms. The third-order valence-corrected chi connectivity index (χ3v) is 3.46. The zero-order chi connectivity index (χ0) is 15.2. The number of aromatic hydroxyl groups is 1. The Balaban J connectivity index is 2.28. The lowest BCUT2D eigenvalue weighted by Gasteiger charge is -2.11. The Morgan fingerprint density at radius 1 is 1.10 bits per heavy atom. The fourth-order valence-corrected chi connectivity index (χ4v) is 2.42. The predicted octanol–water partition coefficient (Wildman–Crippen LogP) is 4.50. The molecule has 0 saturated carbocycles. The van der Waals surface area contributed by atoms with E-state index in [0.29, 0.717) is 24.8 Å². The Kier molecular flexibility index (Phi) is 5.09.